The van der Waals surface area contributed by atoms with Crippen LogP contribution in [0.15, 0.2) is 21.9 Å². The van der Waals surface area contributed by atoms with Crippen molar-refractivity contribution in [2.45, 2.75) is 57.5 Å². The SMILES string of the molecule is CCS(=O)(=O)N1CCCCC1c1nnc(C2CCN(Cc3cccs3)CC2)o1. The fraction of sp³-hybridized carbons (Fsp3) is 0.684. The van der Waals surface area contributed by atoms with Crippen molar-refractivity contribution in [2.75, 3.05) is 25.4 Å². The first-order valence-electron chi connectivity index (χ1n) is 10.1. The molecule has 4 heterocycles. The molecule has 0 amide bonds. The maximum atomic E-state index is 12.4. The van der Waals surface area contributed by atoms with Crippen LogP contribution in [-0.4, -0.2) is 53.2 Å². The van der Waals surface area contributed by atoms with E-state index in [2.05, 4.69) is 32.6 Å². The lowest BCUT2D eigenvalue weighted by Crippen LogP contribution is -2.39. The van der Waals surface area contributed by atoms with E-state index in [-0.39, 0.29) is 17.7 Å². The van der Waals surface area contributed by atoms with E-state index >= 15 is 0 Å². The van der Waals surface area contributed by atoms with Crippen LogP contribution in [0.25, 0.3) is 0 Å². The fourth-order valence-electron chi connectivity index (χ4n) is 4.16. The van der Waals surface area contributed by atoms with Crippen molar-refractivity contribution >= 4 is 21.4 Å². The zero-order valence-electron chi connectivity index (χ0n) is 16.3. The molecule has 7 nitrogen and oxygen atoms in total. The highest BCUT2D eigenvalue weighted by molar-refractivity contribution is 7.89. The number of rotatable bonds is 6. The minimum absolute atomic E-state index is 0.104. The summed E-state index contributed by atoms with van der Waals surface area (Å²) < 4.78 is 32.5. The van der Waals surface area contributed by atoms with Crippen LogP contribution in [0.5, 0.6) is 0 Å². The van der Waals surface area contributed by atoms with Gasteiger partial charge in [0.25, 0.3) is 0 Å². The maximum absolute atomic E-state index is 12.4. The molecule has 9 heteroatoms. The zero-order valence-corrected chi connectivity index (χ0v) is 17.9. The van der Waals surface area contributed by atoms with Gasteiger partial charge in [-0.25, -0.2) is 8.42 Å². The molecule has 0 radical (unpaired) electrons. The zero-order chi connectivity index (χ0) is 19.6. The minimum atomic E-state index is -3.27. The number of aromatic nitrogens is 2. The molecule has 4 rings (SSSR count). The lowest BCUT2D eigenvalue weighted by Gasteiger charge is -2.32. The Kier molecular flexibility index (Phi) is 6.15. The monoisotopic (exact) mass is 424 g/mol. The number of nitrogens with zero attached hydrogens (tertiary/aromatic N) is 4. The Hall–Kier alpha value is -1.29. The first-order valence-corrected chi connectivity index (χ1v) is 12.6. The van der Waals surface area contributed by atoms with Crippen molar-refractivity contribution < 1.29 is 12.8 Å². The van der Waals surface area contributed by atoms with Gasteiger partial charge in [-0.1, -0.05) is 12.5 Å². The van der Waals surface area contributed by atoms with Crippen LogP contribution in [0.3, 0.4) is 0 Å². The van der Waals surface area contributed by atoms with Crippen molar-refractivity contribution in [3.63, 3.8) is 0 Å². The summed E-state index contributed by atoms with van der Waals surface area (Å²) >= 11 is 1.80. The van der Waals surface area contributed by atoms with Crippen LogP contribution in [0.4, 0.5) is 0 Å². The van der Waals surface area contributed by atoms with Gasteiger partial charge in [-0.05, 0) is 57.1 Å². The van der Waals surface area contributed by atoms with Gasteiger partial charge in [-0.2, -0.15) is 4.31 Å². The van der Waals surface area contributed by atoms with Gasteiger partial charge in [0.05, 0.1) is 5.75 Å². The average Bonchev–Trinajstić information content (AvgIpc) is 3.41. The largest absolute Gasteiger partial charge is 0.423 e. The third-order valence-electron chi connectivity index (χ3n) is 5.81. The van der Waals surface area contributed by atoms with Crippen molar-refractivity contribution in [1.82, 2.24) is 19.4 Å². The van der Waals surface area contributed by atoms with Crippen LogP contribution >= 0.6 is 11.3 Å². The number of hydrogen-bond donors (Lipinski definition) is 0. The molecule has 1 atom stereocenters. The van der Waals surface area contributed by atoms with E-state index in [0.717, 1.165) is 51.7 Å². The molecular weight excluding hydrogens is 396 g/mol. The summed E-state index contributed by atoms with van der Waals surface area (Å²) in [6.45, 7) is 5.26. The summed E-state index contributed by atoms with van der Waals surface area (Å²) in [6, 6.07) is 3.97. The smallest absolute Gasteiger partial charge is 0.234 e. The van der Waals surface area contributed by atoms with Gasteiger partial charge in [-0.3, -0.25) is 4.90 Å². The fourth-order valence-corrected chi connectivity index (χ4v) is 6.23. The lowest BCUT2D eigenvalue weighted by molar-refractivity contribution is 0.185. The van der Waals surface area contributed by atoms with Gasteiger partial charge in [0.1, 0.15) is 6.04 Å². The van der Waals surface area contributed by atoms with Gasteiger partial charge >= 0.3 is 0 Å². The topological polar surface area (TPSA) is 79.5 Å². The van der Waals surface area contributed by atoms with E-state index in [9.17, 15) is 8.42 Å². The molecule has 2 aliphatic heterocycles. The van der Waals surface area contributed by atoms with Gasteiger partial charge in [0.2, 0.25) is 21.8 Å². The van der Waals surface area contributed by atoms with Crippen LogP contribution in [0, 0.1) is 0 Å². The van der Waals surface area contributed by atoms with Crippen LogP contribution < -0.4 is 0 Å². The maximum Gasteiger partial charge on any atom is 0.234 e. The van der Waals surface area contributed by atoms with Crippen molar-refractivity contribution in [3.8, 4) is 0 Å². The molecule has 2 aromatic heterocycles. The summed E-state index contributed by atoms with van der Waals surface area (Å²) in [5, 5.41) is 10.7. The van der Waals surface area contributed by atoms with Crippen LogP contribution in [0.1, 0.15) is 67.6 Å². The highest BCUT2D eigenvalue weighted by Crippen LogP contribution is 2.35. The van der Waals surface area contributed by atoms with E-state index < -0.39 is 10.0 Å². The van der Waals surface area contributed by atoms with Gasteiger partial charge in [0, 0.05) is 23.9 Å². The molecule has 2 aromatic rings. The number of likely N-dealkylation sites (tertiary alicyclic amines) is 1. The number of hydrogen-bond acceptors (Lipinski definition) is 7. The molecule has 0 spiro atoms. The Morgan fingerprint density at radius 1 is 1.14 bits per heavy atom. The van der Waals surface area contributed by atoms with E-state index in [1.165, 1.54) is 4.88 Å². The predicted molar refractivity (Wildman–Crippen MR) is 109 cm³/mol. The van der Waals surface area contributed by atoms with Crippen molar-refractivity contribution in [3.05, 3.63) is 34.2 Å². The summed E-state index contributed by atoms with van der Waals surface area (Å²) in [7, 11) is -3.27. The average molecular weight is 425 g/mol. The molecule has 0 bridgehead atoms. The predicted octanol–water partition coefficient (Wildman–Crippen LogP) is 3.39. The molecular formula is C19H28N4O3S2. The molecule has 28 heavy (non-hydrogen) atoms. The molecule has 2 fully saturated rings. The normalized spacial score (nSPS) is 23.2. The van der Waals surface area contributed by atoms with Gasteiger partial charge < -0.3 is 4.42 Å². The number of thiophene rings is 1. The highest BCUT2D eigenvalue weighted by atomic mass is 32.2. The Bertz CT molecular complexity index is 858. The lowest BCUT2D eigenvalue weighted by atomic mass is 9.97. The molecule has 0 aliphatic carbocycles. The van der Waals surface area contributed by atoms with Gasteiger partial charge in [0.15, 0.2) is 0 Å². The van der Waals surface area contributed by atoms with Crippen molar-refractivity contribution in [2.24, 2.45) is 0 Å². The summed E-state index contributed by atoms with van der Waals surface area (Å²) in [5.74, 6) is 1.51. The third kappa shape index (κ3) is 4.32. The molecule has 0 N–H and O–H groups in total. The van der Waals surface area contributed by atoms with E-state index in [1.54, 1.807) is 22.6 Å². The summed E-state index contributed by atoms with van der Waals surface area (Å²) in [6.07, 6.45) is 4.61. The van der Waals surface area contributed by atoms with E-state index in [0.29, 0.717) is 18.3 Å². The molecule has 154 valence electrons. The van der Waals surface area contributed by atoms with Crippen molar-refractivity contribution in [1.29, 1.82) is 0 Å². The summed E-state index contributed by atoms with van der Waals surface area (Å²) in [4.78, 5) is 3.86. The second-order valence-electron chi connectivity index (χ2n) is 7.63. The van der Waals surface area contributed by atoms with E-state index in [4.69, 9.17) is 4.42 Å². The Balaban J connectivity index is 1.40. The second kappa shape index (κ2) is 8.61. The van der Waals surface area contributed by atoms with E-state index in [1.807, 2.05) is 0 Å². The van der Waals surface area contributed by atoms with Gasteiger partial charge in [-0.15, -0.1) is 21.5 Å². The molecule has 2 saturated heterocycles. The first-order chi connectivity index (χ1) is 13.6. The minimum Gasteiger partial charge on any atom is -0.423 e. The third-order valence-corrected chi connectivity index (χ3v) is 8.56. The number of piperidine rings is 2. The van der Waals surface area contributed by atoms with Crippen LogP contribution in [-0.2, 0) is 16.6 Å². The quantitative estimate of drug-likeness (QED) is 0.707. The highest BCUT2D eigenvalue weighted by Gasteiger charge is 2.36. The molecule has 0 saturated carbocycles. The Morgan fingerprint density at radius 3 is 2.64 bits per heavy atom. The summed E-state index contributed by atoms with van der Waals surface area (Å²) in [5.41, 5.74) is 0. The standard InChI is InChI=1S/C19H28N4O3S2/c1-2-28(24,25)23-10-4-3-7-17(23)19-21-20-18(26-19)15-8-11-22(12-9-15)14-16-6-5-13-27-16/h5-6,13,15,17H,2-4,7-12,14H2,1H3. The molecule has 1 unspecified atom stereocenters. The Morgan fingerprint density at radius 2 is 1.93 bits per heavy atom. The second-order valence-corrected chi connectivity index (χ2v) is 10.9. The Labute approximate surface area is 170 Å². The number of sulfonamides is 1. The van der Waals surface area contributed by atoms with Crippen LogP contribution in [0.2, 0.25) is 0 Å². The first kappa shape index (κ1) is 20.0. The molecule has 0 aromatic carbocycles. The molecule has 2 aliphatic rings.